The standard InChI is InChI=1S/3C4H9.CH3.ClH.Sb.H/c3*1-3-4-2;;;;/h3*1,3-4H2,2H3;1H3;1H;;. The third-order valence-corrected chi connectivity index (χ3v) is 16.8. The van der Waals surface area contributed by atoms with E-state index in [4.69, 9.17) is 0 Å². The molecule has 0 aromatic heterocycles. The zero-order valence-corrected chi connectivity index (χ0v) is 14.9. The quantitative estimate of drug-likeness (QED) is 0.476. The van der Waals surface area contributed by atoms with E-state index in [9.17, 15) is 0 Å². The summed E-state index contributed by atoms with van der Waals surface area (Å²) in [6, 6.07) is 0. The van der Waals surface area contributed by atoms with E-state index < -0.39 is 18.8 Å². The molecule has 2 heteroatoms. The van der Waals surface area contributed by atoms with Crippen molar-refractivity contribution in [3.63, 3.8) is 0 Å². The first-order valence-electron chi connectivity index (χ1n) is 6.68. The Morgan fingerprint density at radius 2 is 0.933 bits per heavy atom. The molecule has 0 nitrogen and oxygen atoms in total. The topological polar surface area (TPSA) is 0 Å². The van der Waals surface area contributed by atoms with E-state index in [2.05, 4.69) is 25.6 Å². The van der Waals surface area contributed by atoms with Crippen molar-refractivity contribution in [3.05, 3.63) is 0 Å². The van der Waals surface area contributed by atoms with E-state index in [1.54, 1.807) is 13.1 Å². The van der Waals surface area contributed by atoms with Crippen LogP contribution in [0, 0.1) is 0 Å². The second kappa shape index (κ2) is 11.6. The van der Waals surface area contributed by atoms with Gasteiger partial charge >= 0.3 is 96.1 Å². The molecular weight excluding hydrogens is 313 g/mol. The van der Waals surface area contributed by atoms with Gasteiger partial charge in [0.25, 0.3) is 0 Å². The van der Waals surface area contributed by atoms with Crippen molar-refractivity contribution in [3.8, 4) is 0 Å². The van der Waals surface area contributed by atoms with E-state index in [0.717, 1.165) is 0 Å². The van der Waals surface area contributed by atoms with Gasteiger partial charge in [-0.05, 0) is 0 Å². The number of unbranched alkanes of at least 4 members (excludes halogenated alkanes) is 3. The van der Waals surface area contributed by atoms with Crippen LogP contribution in [0.25, 0.3) is 0 Å². The molecule has 0 aliphatic carbocycles. The fraction of sp³-hybridized carbons (Fsp3) is 1.00. The summed E-state index contributed by atoms with van der Waals surface area (Å²) >= 11 is -1.56. The molecule has 0 heterocycles. The van der Waals surface area contributed by atoms with Crippen LogP contribution in [0.3, 0.4) is 0 Å². The van der Waals surface area contributed by atoms with Gasteiger partial charge in [0.2, 0.25) is 0 Å². The van der Waals surface area contributed by atoms with Crippen molar-refractivity contribution in [2.45, 2.75) is 77.3 Å². The summed E-state index contributed by atoms with van der Waals surface area (Å²) in [6.07, 6.45) is 8.76. The molecule has 0 radical (unpaired) electrons. The number of rotatable bonds is 9. The Balaban J connectivity index is 0. The smallest absolute Gasteiger partial charge is 0.147 e. The first-order valence-corrected chi connectivity index (χ1v) is 15.6. The van der Waals surface area contributed by atoms with Crippen molar-refractivity contribution >= 4 is 31.2 Å². The summed E-state index contributed by atoms with van der Waals surface area (Å²) in [5.41, 5.74) is 0. The number of halogens is 1. The van der Waals surface area contributed by atoms with Crippen LogP contribution in [-0.2, 0) is 0 Å². The Kier molecular flexibility index (Phi) is 14.3. The van der Waals surface area contributed by atoms with Crippen molar-refractivity contribution in [1.29, 1.82) is 0 Å². The Labute approximate surface area is 108 Å². The van der Waals surface area contributed by atoms with Crippen LogP contribution in [0.1, 0.15) is 59.3 Å². The largest absolute Gasteiger partial charge is 0.147 e. The third-order valence-electron chi connectivity index (χ3n) is 3.40. The number of hydrogen-bond donors (Lipinski definition) is 0. The fourth-order valence-corrected chi connectivity index (χ4v) is 14.7. The molecule has 0 saturated carbocycles. The van der Waals surface area contributed by atoms with Crippen LogP contribution < -0.4 is 0 Å². The molecule has 0 bridgehead atoms. The van der Waals surface area contributed by atoms with Crippen LogP contribution in [-0.4, -0.2) is 18.8 Å². The maximum absolute atomic E-state index is 2.72. The summed E-state index contributed by atoms with van der Waals surface area (Å²) in [5.74, 6) is 0. The van der Waals surface area contributed by atoms with Crippen LogP contribution in [0.2, 0.25) is 18.0 Å². The van der Waals surface area contributed by atoms with E-state index in [-0.39, 0.29) is 12.4 Å². The van der Waals surface area contributed by atoms with Crippen LogP contribution in [0.4, 0.5) is 0 Å². The molecule has 0 aromatic rings. The van der Waals surface area contributed by atoms with Gasteiger partial charge in [-0.2, -0.15) is 0 Å². The van der Waals surface area contributed by atoms with Crippen molar-refractivity contribution in [2.75, 3.05) is 0 Å². The Morgan fingerprint density at radius 1 is 0.667 bits per heavy atom. The first kappa shape index (κ1) is 18.5. The second-order valence-electron chi connectivity index (χ2n) is 5.12. The van der Waals surface area contributed by atoms with Gasteiger partial charge in [0.05, 0.1) is 0 Å². The summed E-state index contributed by atoms with van der Waals surface area (Å²) in [5, 5.41) is 0. The normalized spacial score (nSPS) is 12.3. The summed E-state index contributed by atoms with van der Waals surface area (Å²) in [4.78, 5) is 2.72. The van der Waals surface area contributed by atoms with E-state index >= 15 is 0 Å². The molecule has 0 spiro atoms. The monoisotopic (exact) mass is 344 g/mol. The van der Waals surface area contributed by atoms with E-state index in [1.165, 1.54) is 38.5 Å². The van der Waals surface area contributed by atoms with Gasteiger partial charge in [-0.3, -0.25) is 0 Å². The molecule has 0 aliphatic heterocycles. The van der Waals surface area contributed by atoms with Crippen LogP contribution in [0.5, 0.6) is 0 Å². The molecule has 0 aromatic carbocycles. The molecule has 0 atom stereocenters. The molecule has 0 N–H and O–H groups in total. The summed E-state index contributed by atoms with van der Waals surface area (Å²) in [7, 11) is 0. The van der Waals surface area contributed by atoms with Crippen LogP contribution in [0.15, 0.2) is 0 Å². The summed E-state index contributed by atoms with van der Waals surface area (Å²) < 4.78 is 4.97. The molecule has 0 fully saturated rings. The second-order valence-corrected chi connectivity index (χ2v) is 19.7. The Bertz CT molecular complexity index is 104. The predicted molar refractivity (Wildman–Crippen MR) is 79.4 cm³/mol. The molecule has 0 unspecified atom stereocenters. The fourth-order valence-electron chi connectivity index (χ4n) is 2.19. The van der Waals surface area contributed by atoms with Gasteiger partial charge in [0.15, 0.2) is 0 Å². The van der Waals surface area contributed by atoms with Gasteiger partial charge in [0.1, 0.15) is 0 Å². The predicted octanol–water partition coefficient (Wildman–Crippen LogP) is 5.62. The molecule has 0 aliphatic rings. The zero-order chi connectivity index (χ0) is 10.9. The van der Waals surface area contributed by atoms with Crippen LogP contribution >= 0.6 is 12.4 Å². The minimum atomic E-state index is -1.56. The molecule has 0 saturated heterocycles. The Morgan fingerprint density at radius 3 is 1.13 bits per heavy atom. The number of hydrogen-bond acceptors (Lipinski definition) is 0. The third kappa shape index (κ3) is 10.0. The van der Waals surface area contributed by atoms with E-state index in [0.29, 0.717) is 0 Å². The first-order chi connectivity index (χ1) is 6.68. The van der Waals surface area contributed by atoms with Gasteiger partial charge in [-0.15, -0.1) is 12.4 Å². The zero-order valence-electron chi connectivity index (χ0n) is 11.3. The minimum Gasteiger partial charge on any atom is -0.147 e. The Hall–Kier alpha value is 1.11. The summed E-state index contributed by atoms with van der Waals surface area (Å²) in [6.45, 7) is 7.02. The molecule has 15 heavy (non-hydrogen) atoms. The maximum Gasteiger partial charge on any atom is -0.147 e. The van der Waals surface area contributed by atoms with Crippen molar-refractivity contribution in [2.24, 2.45) is 0 Å². The average Bonchev–Trinajstić information content (AvgIpc) is 2.21. The molecule has 96 valence electrons. The molecular formula is C13H32ClSb. The van der Waals surface area contributed by atoms with Crippen molar-refractivity contribution in [1.82, 2.24) is 0 Å². The SMILES string of the molecule is CCC[CH2][SbH]([CH3])([CH2]CCC)[CH2]CCC.Cl. The van der Waals surface area contributed by atoms with Gasteiger partial charge in [-0.25, -0.2) is 0 Å². The molecule has 0 rings (SSSR count). The van der Waals surface area contributed by atoms with Crippen molar-refractivity contribution < 1.29 is 0 Å². The van der Waals surface area contributed by atoms with E-state index in [1.807, 2.05) is 0 Å². The molecule has 0 amide bonds. The average molecular weight is 346 g/mol. The van der Waals surface area contributed by atoms with Gasteiger partial charge < -0.3 is 0 Å². The minimum absolute atomic E-state index is 0. The maximum atomic E-state index is 2.72. The van der Waals surface area contributed by atoms with Gasteiger partial charge in [0, 0.05) is 0 Å². The van der Waals surface area contributed by atoms with Gasteiger partial charge in [-0.1, -0.05) is 0 Å².